The van der Waals surface area contributed by atoms with Crippen LogP contribution in [-0.2, 0) is 0 Å². The molecule has 0 saturated heterocycles. The van der Waals surface area contributed by atoms with E-state index in [-0.39, 0.29) is 5.69 Å². The molecule has 4 rings (SSSR count). The van der Waals surface area contributed by atoms with Gasteiger partial charge >= 0.3 is 0 Å². The van der Waals surface area contributed by atoms with Crippen molar-refractivity contribution in [1.82, 2.24) is 19.8 Å². The van der Waals surface area contributed by atoms with Gasteiger partial charge in [-0.2, -0.15) is 10.4 Å². The molecule has 0 atom stereocenters. The Morgan fingerprint density at radius 1 is 0.875 bits per heavy atom. The molecule has 2 aromatic heterocycles. The zero-order valence-corrected chi connectivity index (χ0v) is 13.4. The predicted molar refractivity (Wildman–Crippen MR) is 93.6 cm³/mol. The molecule has 114 valence electrons. The van der Waals surface area contributed by atoms with Crippen molar-refractivity contribution in [2.75, 3.05) is 0 Å². The molecule has 0 aliphatic rings. The molecule has 0 aliphatic heterocycles. The van der Waals surface area contributed by atoms with Crippen LogP contribution < -0.4 is 0 Å². The smallest absolute Gasteiger partial charge is 0.192 e. The van der Waals surface area contributed by atoms with Gasteiger partial charge in [-0.15, -0.1) is 22.8 Å². The van der Waals surface area contributed by atoms with Crippen LogP contribution in [0, 0.1) is 11.3 Å². The molecule has 0 aliphatic carbocycles. The molecule has 0 unspecified atom stereocenters. The third-order valence-corrected chi connectivity index (χ3v) is 4.13. The topological polar surface area (TPSA) is 66.9 Å². The van der Waals surface area contributed by atoms with Crippen LogP contribution in [0.2, 0.25) is 0 Å². The van der Waals surface area contributed by atoms with E-state index in [1.807, 2.05) is 60.7 Å². The molecule has 0 saturated carbocycles. The zero-order chi connectivity index (χ0) is 16.5. The summed E-state index contributed by atoms with van der Waals surface area (Å²) < 4.78 is 1.64. The Balaban J connectivity index is 2.07. The highest BCUT2D eigenvalue weighted by molar-refractivity contribution is 7.80. The summed E-state index contributed by atoms with van der Waals surface area (Å²) in [6, 6.07) is 21.4. The maximum atomic E-state index is 9.42. The average molecular weight is 329 g/mol. The maximum Gasteiger partial charge on any atom is 0.192 e. The first-order valence-corrected chi connectivity index (χ1v) is 7.73. The zero-order valence-electron chi connectivity index (χ0n) is 12.5. The van der Waals surface area contributed by atoms with Gasteiger partial charge in [-0.3, -0.25) is 0 Å². The van der Waals surface area contributed by atoms with Crippen LogP contribution in [-0.4, -0.2) is 19.8 Å². The molecule has 0 bridgehead atoms. The highest BCUT2D eigenvalue weighted by atomic mass is 32.1. The molecule has 0 N–H and O–H groups in total. The van der Waals surface area contributed by atoms with Crippen LogP contribution in [0.5, 0.6) is 0 Å². The van der Waals surface area contributed by atoms with Gasteiger partial charge in [0.15, 0.2) is 11.3 Å². The normalized spacial score (nSPS) is 10.7. The molecular weight excluding hydrogens is 318 g/mol. The Labute approximate surface area is 143 Å². The van der Waals surface area contributed by atoms with Crippen LogP contribution in [0.4, 0.5) is 0 Å². The van der Waals surface area contributed by atoms with E-state index in [0.29, 0.717) is 21.9 Å². The minimum Gasteiger partial charge on any atom is -0.208 e. The number of hydrogen-bond acceptors (Lipinski definition) is 5. The minimum atomic E-state index is 0.226. The molecule has 24 heavy (non-hydrogen) atoms. The molecule has 0 radical (unpaired) electrons. The third kappa shape index (κ3) is 2.23. The number of thiol groups is 1. The van der Waals surface area contributed by atoms with E-state index in [1.54, 1.807) is 4.52 Å². The summed E-state index contributed by atoms with van der Waals surface area (Å²) in [5.74, 6) is 0. The van der Waals surface area contributed by atoms with Crippen LogP contribution in [0.3, 0.4) is 0 Å². The second kappa shape index (κ2) is 5.80. The first-order valence-electron chi connectivity index (χ1n) is 7.29. The number of nitrogens with zero attached hydrogens (tertiary/aromatic N) is 5. The molecule has 0 amide bonds. The van der Waals surface area contributed by atoms with Gasteiger partial charge in [0.1, 0.15) is 17.5 Å². The van der Waals surface area contributed by atoms with Crippen molar-refractivity contribution in [1.29, 1.82) is 5.26 Å². The largest absolute Gasteiger partial charge is 0.208 e. The summed E-state index contributed by atoms with van der Waals surface area (Å²) in [6.07, 6.45) is 0. The van der Waals surface area contributed by atoms with E-state index < -0.39 is 0 Å². The number of hydrogen-bond donors (Lipinski definition) is 1. The quantitative estimate of drug-likeness (QED) is 0.570. The SMILES string of the molecule is N#Cc1nnc2c(S)c(-c3ccccc3)nn2c1-c1ccccc1. The Bertz CT molecular complexity index is 1070. The van der Waals surface area contributed by atoms with Crippen LogP contribution in [0.1, 0.15) is 5.69 Å². The third-order valence-electron chi connectivity index (χ3n) is 3.72. The van der Waals surface area contributed by atoms with Gasteiger partial charge in [0.25, 0.3) is 0 Å². The molecule has 2 aromatic carbocycles. The van der Waals surface area contributed by atoms with Crippen molar-refractivity contribution in [2.24, 2.45) is 0 Å². The highest BCUT2D eigenvalue weighted by Crippen LogP contribution is 2.31. The van der Waals surface area contributed by atoms with Gasteiger partial charge in [0.2, 0.25) is 0 Å². The van der Waals surface area contributed by atoms with Gasteiger partial charge in [0, 0.05) is 11.1 Å². The Morgan fingerprint density at radius 2 is 1.50 bits per heavy atom. The second-order valence-electron chi connectivity index (χ2n) is 5.17. The first kappa shape index (κ1) is 14.4. The molecule has 6 heteroatoms. The van der Waals surface area contributed by atoms with E-state index in [9.17, 15) is 5.26 Å². The van der Waals surface area contributed by atoms with Gasteiger partial charge in [-0.25, -0.2) is 4.52 Å². The van der Waals surface area contributed by atoms with Crippen LogP contribution in [0.15, 0.2) is 65.6 Å². The summed E-state index contributed by atoms with van der Waals surface area (Å²) in [7, 11) is 0. The van der Waals surface area contributed by atoms with Gasteiger partial charge in [0.05, 0.1) is 4.90 Å². The van der Waals surface area contributed by atoms with E-state index in [4.69, 9.17) is 0 Å². The van der Waals surface area contributed by atoms with E-state index in [1.165, 1.54) is 0 Å². The van der Waals surface area contributed by atoms with Crippen molar-refractivity contribution < 1.29 is 0 Å². The van der Waals surface area contributed by atoms with Gasteiger partial charge in [-0.1, -0.05) is 60.7 Å². The van der Waals surface area contributed by atoms with E-state index in [0.717, 1.165) is 11.1 Å². The lowest BCUT2D eigenvalue weighted by Gasteiger charge is -2.05. The maximum absolute atomic E-state index is 9.42. The molecule has 2 heterocycles. The lowest BCUT2D eigenvalue weighted by Crippen LogP contribution is -2.03. The predicted octanol–water partition coefficient (Wildman–Crippen LogP) is 3.62. The average Bonchev–Trinajstić information content (AvgIpc) is 2.99. The van der Waals surface area contributed by atoms with Crippen molar-refractivity contribution in [3.05, 3.63) is 66.4 Å². The highest BCUT2D eigenvalue weighted by Gasteiger charge is 2.19. The summed E-state index contributed by atoms with van der Waals surface area (Å²) in [6.45, 7) is 0. The van der Waals surface area contributed by atoms with Crippen molar-refractivity contribution >= 4 is 18.3 Å². The monoisotopic (exact) mass is 329 g/mol. The van der Waals surface area contributed by atoms with E-state index in [2.05, 4.69) is 34.0 Å². The Hall–Kier alpha value is -3.17. The van der Waals surface area contributed by atoms with Crippen LogP contribution >= 0.6 is 12.6 Å². The first-order chi connectivity index (χ1) is 11.8. The van der Waals surface area contributed by atoms with Crippen LogP contribution in [0.25, 0.3) is 28.2 Å². The summed E-state index contributed by atoms with van der Waals surface area (Å²) in [4.78, 5) is 0.635. The molecule has 0 fully saturated rings. The standard InChI is InChI=1S/C18H11N5S/c19-11-14-16(13-9-5-2-6-10-13)23-18(21-20-14)17(24)15(22-23)12-7-3-1-4-8-12/h1-10,24H. The number of benzene rings is 2. The Morgan fingerprint density at radius 3 is 2.12 bits per heavy atom. The Kier molecular flexibility index (Phi) is 3.48. The summed E-state index contributed by atoms with van der Waals surface area (Å²) >= 11 is 4.58. The fourth-order valence-corrected chi connectivity index (χ4v) is 2.93. The summed E-state index contributed by atoms with van der Waals surface area (Å²) in [5.41, 5.74) is 3.86. The van der Waals surface area contributed by atoms with Crippen molar-refractivity contribution in [3.63, 3.8) is 0 Å². The molecule has 5 nitrogen and oxygen atoms in total. The van der Waals surface area contributed by atoms with Gasteiger partial charge in [-0.05, 0) is 0 Å². The van der Waals surface area contributed by atoms with E-state index >= 15 is 0 Å². The molecular formula is C18H11N5S. The lowest BCUT2D eigenvalue weighted by molar-refractivity contribution is 0.888. The fourth-order valence-electron chi connectivity index (χ4n) is 2.61. The number of rotatable bonds is 2. The second-order valence-corrected chi connectivity index (χ2v) is 5.62. The van der Waals surface area contributed by atoms with Crippen molar-refractivity contribution in [2.45, 2.75) is 4.90 Å². The van der Waals surface area contributed by atoms with Crippen molar-refractivity contribution in [3.8, 4) is 28.6 Å². The fraction of sp³-hybridized carbons (Fsp3) is 0. The summed E-state index contributed by atoms with van der Waals surface area (Å²) in [5, 5.41) is 22.3. The minimum absolute atomic E-state index is 0.226. The molecule has 0 spiro atoms. The lowest BCUT2D eigenvalue weighted by atomic mass is 10.1. The number of nitriles is 1. The molecule has 4 aromatic rings. The van der Waals surface area contributed by atoms with Gasteiger partial charge < -0.3 is 0 Å². The number of aromatic nitrogens is 4. The number of fused-ring (bicyclic) bond motifs is 1.